The van der Waals surface area contributed by atoms with E-state index in [2.05, 4.69) is 11.8 Å². The van der Waals surface area contributed by atoms with E-state index in [0.717, 1.165) is 0 Å². The quantitative estimate of drug-likeness (QED) is 0.168. The standard InChI is InChI=1S/CH3N2.Li/c1-3-2;/h2H,1H2;/q-1;+1. The molecule has 2 nitrogen and oxygen atoms in total. The van der Waals surface area contributed by atoms with E-state index < -0.39 is 0 Å². The topological polar surface area (TPSA) is 36.2 Å². The third-order valence-electron chi connectivity index (χ3n) is 0. The van der Waals surface area contributed by atoms with Crippen molar-refractivity contribution in [2.24, 2.45) is 5.10 Å². The molecule has 0 aliphatic heterocycles. The van der Waals surface area contributed by atoms with Gasteiger partial charge >= 0.3 is 18.9 Å². The van der Waals surface area contributed by atoms with Gasteiger partial charge in [0.15, 0.2) is 0 Å². The van der Waals surface area contributed by atoms with Crippen molar-refractivity contribution in [1.82, 2.24) is 0 Å². The molecule has 0 bridgehead atoms. The molecule has 0 fully saturated rings. The van der Waals surface area contributed by atoms with E-state index in [9.17, 15) is 0 Å². The zero-order valence-electron chi connectivity index (χ0n) is 2.65. The molecule has 18 valence electrons. The predicted octanol–water partition coefficient (Wildman–Crippen LogP) is -2.34. The van der Waals surface area contributed by atoms with Gasteiger partial charge in [0, 0.05) is 0 Å². The largest absolute Gasteiger partial charge is 1.00 e. The van der Waals surface area contributed by atoms with Crippen LogP contribution in [0.4, 0.5) is 0 Å². The third-order valence-corrected chi connectivity index (χ3v) is 0. The molecule has 0 saturated carbocycles. The SMILES string of the molecule is C=N[NH-].[Li+]. The summed E-state index contributed by atoms with van der Waals surface area (Å²) < 4.78 is 0. The van der Waals surface area contributed by atoms with Gasteiger partial charge in [0.1, 0.15) is 0 Å². The van der Waals surface area contributed by atoms with Gasteiger partial charge in [-0.3, -0.25) is 0 Å². The molecular weight excluding hydrogens is 47.0 g/mol. The van der Waals surface area contributed by atoms with Crippen molar-refractivity contribution in [3.8, 4) is 0 Å². The van der Waals surface area contributed by atoms with Crippen LogP contribution in [-0.2, 0) is 0 Å². The number of nitrogens with zero attached hydrogens (tertiary/aromatic N) is 1. The second-order valence-corrected chi connectivity index (χ2v) is 0.158. The molecule has 0 aromatic rings. The number of hydrogen-bond acceptors (Lipinski definition) is 1. The minimum atomic E-state index is 0. The van der Waals surface area contributed by atoms with Gasteiger partial charge in [0.05, 0.1) is 0 Å². The Morgan fingerprint density at radius 2 is 1.75 bits per heavy atom. The molecule has 3 heteroatoms. The Kier molecular flexibility index (Phi) is 25.8. The van der Waals surface area contributed by atoms with Crippen LogP contribution in [0.1, 0.15) is 0 Å². The van der Waals surface area contributed by atoms with E-state index in [1.807, 2.05) is 0 Å². The minimum absolute atomic E-state index is 0. The molecule has 4 heavy (non-hydrogen) atoms. The van der Waals surface area contributed by atoms with Crippen LogP contribution in [0.3, 0.4) is 0 Å². The number of nitrogens with one attached hydrogen (secondary N) is 1. The summed E-state index contributed by atoms with van der Waals surface area (Å²) in [7, 11) is 0. The first kappa shape index (κ1) is 8.95. The summed E-state index contributed by atoms with van der Waals surface area (Å²) in [5.41, 5.74) is 0. The fraction of sp³-hybridized carbons (Fsp3) is 0. The van der Waals surface area contributed by atoms with Crippen LogP contribution in [0.15, 0.2) is 5.10 Å². The summed E-state index contributed by atoms with van der Waals surface area (Å²) in [6.45, 7) is 2.78. The first-order chi connectivity index (χ1) is 1.41. The maximum atomic E-state index is 5.72. The Balaban J connectivity index is 0. The molecule has 0 saturated heterocycles. The molecule has 0 radical (unpaired) electrons. The van der Waals surface area contributed by atoms with Gasteiger partial charge in [-0.2, -0.15) is 0 Å². The second-order valence-electron chi connectivity index (χ2n) is 0.158. The van der Waals surface area contributed by atoms with Crippen LogP contribution in [-0.4, -0.2) is 6.72 Å². The Labute approximate surface area is 37.2 Å². The number of hydrogen-bond donors (Lipinski definition) is 0. The van der Waals surface area contributed by atoms with Crippen molar-refractivity contribution in [2.75, 3.05) is 0 Å². The molecule has 0 rings (SSSR count). The summed E-state index contributed by atoms with van der Waals surface area (Å²) in [5, 5.41) is 2.50. The van der Waals surface area contributed by atoms with Crippen LogP contribution < -0.4 is 18.9 Å². The molecule has 0 spiro atoms. The summed E-state index contributed by atoms with van der Waals surface area (Å²) in [6, 6.07) is 0. The first-order valence-corrected chi connectivity index (χ1v) is 0.540. The van der Waals surface area contributed by atoms with E-state index >= 15 is 0 Å². The molecule has 0 aromatic carbocycles. The predicted molar refractivity (Wildman–Crippen MR) is 13.9 cm³/mol. The summed E-state index contributed by atoms with van der Waals surface area (Å²) in [6.07, 6.45) is 0. The Bertz CT molecular complexity index is 13.5. The van der Waals surface area contributed by atoms with E-state index in [1.165, 1.54) is 0 Å². The number of rotatable bonds is 0. The van der Waals surface area contributed by atoms with Gasteiger partial charge in [-0.15, -0.1) is 0 Å². The van der Waals surface area contributed by atoms with Crippen molar-refractivity contribution in [3.63, 3.8) is 0 Å². The molecule has 0 unspecified atom stereocenters. The third kappa shape index (κ3) is 518. The van der Waals surface area contributed by atoms with Crippen LogP contribution in [0.5, 0.6) is 0 Å². The minimum Gasteiger partial charge on any atom is -0.617 e. The van der Waals surface area contributed by atoms with Crippen molar-refractivity contribution in [1.29, 1.82) is 0 Å². The van der Waals surface area contributed by atoms with Crippen LogP contribution >= 0.6 is 0 Å². The Hall–Kier alpha value is 0.0674. The zero-order chi connectivity index (χ0) is 2.71. The second kappa shape index (κ2) is 11.5. The van der Waals surface area contributed by atoms with E-state index in [-0.39, 0.29) is 18.9 Å². The van der Waals surface area contributed by atoms with Gasteiger partial charge in [-0.25, -0.2) is 0 Å². The van der Waals surface area contributed by atoms with Crippen molar-refractivity contribution >= 4 is 6.72 Å². The molecular formula is CH3LiN2. The Morgan fingerprint density at radius 1 is 1.75 bits per heavy atom. The maximum Gasteiger partial charge on any atom is 1.00 e. The van der Waals surface area contributed by atoms with Gasteiger partial charge in [0.2, 0.25) is 0 Å². The average molecular weight is 50.0 g/mol. The van der Waals surface area contributed by atoms with Crippen LogP contribution in [0.2, 0.25) is 0 Å². The molecule has 0 heterocycles. The zero-order valence-corrected chi connectivity index (χ0v) is 2.65. The fourth-order valence-electron chi connectivity index (χ4n) is 0. The molecule has 0 aromatic heterocycles. The summed E-state index contributed by atoms with van der Waals surface area (Å²) in [5.74, 6) is 5.72. The van der Waals surface area contributed by atoms with Crippen molar-refractivity contribution < 1.29 is 18.9 Å². The van der Waals surface area contributed by atoms with E-state index in [0.29, 0.717) is 0 Å². The summed E-state index contributed by atoms with van der Waals surface area (Å²) >= 11 is 0. The van der Waals surface area contributed by atoms with Crippen LogP contribution in [0.25, 0.3) is 5.84 Å². The van der Waals surface area contributed by atoms with Gasteiger partial charge in [-0.05, 0) is 6.72 Å². The Morgan fingerprint density at radius 3 is 1.75 bits per heavy atom. The molecule has 0 atom stereocenters. The maximum absolute atomic E-state index is 5.72. The summed E-state index contributed by atoms with van der Waals surface area (Å²) in [4.78, 5) is 0. The van der Waals surface area contributed by atoms with Crippen molar-refractivity contribution in [3.05, 3.63) is 5.84 Å². The first-order valence-electron chi connectivity index (χ1n) is 0.540. The molecule has 0 amide bonds. The molecule has 1 N–H and O–H groups in total. The van der Waals surface area contributed by atoms with Gasteiger partial charge < -0.3 is 10.9 Å². The molecule has 0 aliphatic carbocycles. The normalized spacial score (nSPS) is 3.00. The van der Waals surface area contributed by atoms with Crippen molar-refractivity contribution in [2.45, 2.75) is 0 Å². The smallest absolute Gasteiger partial charge is 0.617 e. The molecule has 0 aliphatic rings. The fourth-order valence-corrected chi connectivity index (χ4v) is 0. The van der Waals surface area contributed by atoms with E-state index in [1.54, 1.807) is 0 Å². The monoisotopic (exact) mass is 50.0 g/mol. The van der Waals surface area contributed by atoms with E-state index in [4.69, 9.17) is 5.84 Å². The van der Waals surface area contributed by atoms with Crippen LogP contribution in [0, 0.1) is 0 Å². The van der Waals surface area contributed by atoms with Gasteiger partial charge in [0.25, 0.3) is 0 Å². The average Bonchev–Trinajstić information content (AvgIpc) is 0.918. The van der Waals surface area contributed by atoms with Gasteiger partial charge in [-0.1, -0.05) is 0 Å².